The second-order valence-electron chi connectivity index (χ2n) is 14.5. The van der Waals surface area contributed by atoms with Gasteiger partial charge in [0.25, 0.3) is 0 Å². The molecule has 0 aliphatic carbocycles. The van der Waals surface area contributed by atoms with Gasteiger partial charge in [-0.25, -0.2) is 0 Å². The first-order valence-electron chi connectivity index (χ1n) is 18.6. The van der Waals surface area contributed by atoms with Crippen molar-refractivity contribution >= 4 is 40.0 Å². The van der Waals surface area contributed by atoms with Crippen LogP contribution in [0.25, 0.3) is 66.1 Å². The van der Waals surface area contributed by atoms with Gasteiger partial charge in [-0.15, -0.1) is 68.3 Å². The Morgan fingerprint density at radius 2 is 0.722 bits per heavy atom. The Bertz CT molecular complexity index is 2340. The van der Waals surface area contributed by atoms with Crippen molar-refractivity contribution in [2.24, 2.45) is 0 Å². The van der Waals surface area contributed by atoms with Crippen LogP contribution in [0, 0.1) is 42.5 Å². The van der Waals surface area contributed by atoms with E-state index in [1.807, 2.05) is 0 Å². The van der Waals surface area contributed by atoms with Gasteiger partial charge in [0.2, 0.25) is 0 Å². The van der Waals surface area contributed by atoms with E-state index in [0.717, 1.165) is 0 Å². The van der Waals surface area contributed by atoms with E-state index in [2.05, 4.69) is 187 Å². The maximum Gasteiger partial charge on any atom is 4.00 e. The number of hydrogen-bond donors (Lipinski definition) is 0. The van der Waals surface area contributed by atoms with E-state index in [9.17, 15) is 0 Å². The molecule has 268 valence electrons. The number of fused-ring (bicyclic) bond motifs is 2. The van der Waals surface area contributed by atoms with Gasteiger partial charge in [0.1, 0.15) is 0 Å². The Hall–Kier alpha value is -4.37. The molecule has 0 atom stereocenters. The topological polar surface area (TPSA) is 0 Å². The van der Waals surface area contributed by atoms with Gasteiger partial charge in [-0.05, 0) is 83.3 Å². The number of benzene rings is 6. The minimum absolute atomic E-state index is 0. The number of rotatable bonds is 8. The van der Waals surface area contributed by atoms with Crippen molar-refractivity contribution in [3.05, 3.63) is 183 Å². The van der Waals surface area contributed by atoms with Gasteiger partial charge < -0.3 is 14.9 Å². The third kappa shape index (κ3) is 6.77. The molecule has 8 aromatic carbocycles. The van der Waals surface area contributed by atoms with Crippen LogP contribution in [0.5, 0.6) is 0 Å². The number of aryl methyl sites for hydroxylation is 4. The van der Waals surface area contributed by atoms with Crippen LogP contribution in [-0.2, 0) is 25.8 Å². The summed E-state index contributed by atoms with van der Waals surface area (Å²) in [6.45, 7) is 13.8. The molecule has 0 bridgehead atoms. The molecular weight excluding hydrogens is 831 g/mol. The Labute approximate surface area is 344 Å². The van der Waals surface area contributed by atoms with Crippen LogP contribution in [0.15, 0.2) is 146 Å². The first kappa shape index (κ1) is 40.8. The molecule has 0 aromatic heterocycles. The fourth-order valence-corrected chi connectivity index (χ4v) is 13.2. The monoisotopic (exact) mass is 884 g/mol. The maximum absolute atomic E-state index is 2.57. The Kier molecular flexibility index (Phi) is 12.5. The molecule has 0 aliphatic rings. The summed E-state index contributed by atoms with van der Waals surface area (Å²) < 4.78 is 0. The quantitative estimate of drug-likeness (QED) is 0.105. The molecule has 0 heterocycles. The molecule has 0 nitrogen and oxygen atoms in total. The van der Waals surface area contributed by atoms with E-state index < -0.39 is 8.07 Å². The first-order valence-corrected chi connectivity index (χ1v) is 21.0. The zero-order valence-corrected chi connectivity index (χ0v) is 37.9. The molecule has 0 N–H and O–H groups in total. The molecule has 2 heteroatoms. The van der Waals surface area contributed by atoms with E-state index in [-0.39, 0.29) is 40.7 Å². The SMILES string of the molecule is CC[Si](CC)(c1cc2c(-c3ccccc3-c3c(C)cccc3C)cccc2[cH-]1)c1cc2c(-c3ccccc3-c3c(C)cccc3C)cccc2[cH-]1.[CH3-].[CH3-].[Hf+4]. The fraction of sp³-hybridized carbons (Fsp3) is 0.154. The molecule has 0 saturated heterocycles. The minimum atomic E-state index is -2.10. The fourth-order valence-electron chi connectivity index (χ4n) is 9.08. The van der Waals surface area contributed by atoms with Crippen molar-refractivity contribution < 1.29 is 25.8 Å². The molecule has 0 amide bonds. The van der Waals surface area contributed by atoms with Crippen LogP contribution in [0.3, 0.4) is 0 Å². The van der Waals surface area contributed by atoms with Crippen LogP contribution in [0.4, 0.5) is 0 Å². The summed E-state index contributed by atoms with van der Waals surface area (Å²) >= 11 is 0. The van der Waals surface area contributed by atoms with Crippen molar-refractivity contribution in [2.75, 3.05) is 0 Å². The molecule has 8 aromatic rings. The van der Waals surface area contributed by atoms with Gasteiger partial charge in [0, 0.05) is 0 Å². The third-order valence-electron chi connectivity index (χ3n) is 11.7. The summed E-state index contributed by atoms with van der Waals surface area (Å²) in [6, 6.07) is 57.6. The van der Waals surface area contributed by atoms with Gasteiger partial charge in [-0.2, -0.15) is 12.1 Å². The van der Waals surface area contributed by atoms with Crippen LogP contribution in [0.2, 0.25) is 12.1 Å². The Balaban J connectivity index is 0.00000187. The van der Waals surface area contributed by atoms with Crippen molar-refractivity contribution in [1.82, 2.24) is 0 Å². The average Bonchev–Trinajstić information content (AvgIpc) is 3.79. The molecule has 0 spiro atoms. The second-order valence-corrected chi connectivity index (χ2v) is 19.3. The van der Waals surface area contributed by atoms with E-state index in [1.54, 1.807) is 10.4 Å². The smallest absolute Gasteiger partial charge is 0.358 e. The average molecular weight is 884 g/mol. The summed E-state index contributed by atoms with van der Waals surface area (Å²) in [5.41, 5.74) is 15.9. The molecule has 0 aliphatic heterocycles. The van der Waals surface area contributed by atoms with Gasteiger partial charge in [0.05, 0.1) is 8.07 Å². The van der Waals surface area contributed by atoms with Gasteiger partial charge in [0.15, 0.2) is 0 Å². The molecule has 0 fully saturated rings. The molecule has 0 unspecified atom stereocenters. The minimum Gasteiger partial charge on any atom is -0.358 e. The summed E-state index contributed by atoms with van der Waals surface area (Å²) in [4.78, 5) is 0. The molecule has 8 rings (SSSR count). The van der Waals surface area contributed by atoms with Gasteiger partial charge >= 0.3 is 25.8 Å². The molecule has 0 saturated carbocycles. The summed E-state index contributed by atoms with van der Waals surface area (Å²) in [5.74, 6) is 0. The van der Waals surface area contributed by atoms with Crippen LogP contribution in [-0.4, -0.2) is 8.07 Å². The van der Waals surface area contributed by atoms with E-state index >= 15 is 0 Å². The largest absolute Gasteiger partial charge is 4.00 e. The maximum atomic E-state index is 2.57. The molecule has 54 heavy (non-hydrogen) atoms. The van der Waals surface area contributed by atoms with Crippen LogP contribution >= 0.6 is 0 Å². The van der Waals surface area contributed by atoms with Crippen LogP contribution < -0.4 is 10.4 Å². The molecular formula is C52H52HfSi. The predicted octanol–water partition coefficient (Wildman–Crippen LogP) is 13.8. The molecule has 0 radical (unpaired) electrons. The predicted molar refractivity (Wildman–Crippen MR) is 239 cm³/mol. The first-order chi connectivity index (χ1) is 24.8. The van der Waals surface area contributed by atoms with Crippen LogP contribution in [0.1, 0.15) is 36.1 Å². The summed E-state index contributed by atoms with van der Waals surface area (Å²) in [5, 5.41) is 8.52. The normalized spacial score (nSPS) is 11.2. The third-order valence-corrected chi connectivity index (χ3v) is 17.0. The summed E-state index contributed by atoms with van der Waals surface area (Å²) in [6.07, 6.45) is 0. The van der Waals surface area contributed by atoms with Crippen molar-refractivity contribution in [3.8, 4) is 44.5 Å². The van der Waals surface area contributed by atoms with Gasteiger partial charge in [-0.1, -0.05) is 134 Å². The van der Waals surface area contributed by atoms with Crippen molar-refractivity contribution in [2.45, 2.75) is 53.6 Å². The zero-order chi connectivity index (χ0) is 35.3. The van der Waals surface area contributed by atoms with Crippen molar-refractivity contribution in [3.63, 3.8) is 0 Å². The Morgan fingerprint density at radius 1 is 0.407 bits per heavy atom. The summed E-state index contributed by atoms with van der Waals surface area (Å²) in [7, 11) is -2.10. The number of hydrogen-bond acceptors (Lipinski definition) is 0. The Morgan fingerprint density at radius 3 is 1.07 bits per heavy atom. The standard InChI is InChI=1S/C50H46Si.2CH3.Hf/c1-7-51(8-2,39-29-37-21-15-27-43(47(37)31-39)41-23-9-11-25-45(41)49-33(3)17-13-18-34(49)4)40-30-38-22-16-28-44(48(38)32-40)42-24-10-12-26-46(42)50-35(5)19-14-20-36(50)6;;;/h9-32H,7-8H2,1-6H3;2*1H3;/q-2;2*-1;+4. The van der Waals surface area contributed by atoms with E-state index in [0.29, 0.717) is 0 Å². The van der Waals surface area contributed by atoms with E-state index in [4.69, 9.17) is 0 Å². The van der Waals surface area contributed by atoms with Crippen molar-refractivity contribution in [1.29, 1.82) is 0 Å². The van der Waals surface area contributed by atoms with Gasteiger partial charge in [-0.3, -0.25) is 0 Å². The van der Waals surface area contributed by atoms with E-state index in [1.165, 1.54) is 100 Å². The zero-order valence-electron chi connectivity index (χ0n) is 33.3. The second kappa shape index (κ2) is 16.6.